The van der Waals surface area contributed by atoms with E-state index in [0.717, 1.165) is 33.5 Å². The standard InChI is InChI=1S/C26H25N3O3/c1-29-15-14-27-26(29)25(22-6-4-5-7-23(22)32-3)28-24(30)13-9-18-8-10-20-17-21(31-2)12-11-19(20)16-18/h4-17,25H,1-3H3,(H,28,30)/b13-9+. The lowest BCUT2D eigenvalue weighted by molar-refractivity contribution is -0.117. The van der Waals surface area contributed by atoms with Crippen LogP contribution < -0.4 is 14.8 Å². The molecule has 0 spiro atoms. The molecule has 0 aliphatic heterocycles. The van der Waals surface area contributed by atoms with Gasteiger partial charge in [0.1, 0.15) is 23.4 Å². The topological polar surface area (TPSA) is 65.4 Å². The Balaban J connectivity index is 1.58. The van der Waals surface area contributed by atoms with Crippen molar-refractivity contribution in [2.24, 2.45) is 7.05 Å². The lowest BCUT2D eigenvalue weighted by Crippen LogP contribution is -2.30. The molecule has 0 bridgehead atoms. The van der Waals surface area contributed by atoms with Crippen LogP contribution in [-0.2, 0) is 11.8 Å². The average Bonchev–Trinajstić information content (AvgIpc) is 3.26. The summed E-state index contributed by atoms with van der Waals surface area (Å²) in [5.41, 5.74) is 1.77. The maximum Gasteiger partial charge on any atom is 0.244 e. The van der Waals surface area contributed by atoms with Gasteiger partial charge in [0.25, 0.3) is 0 Å². The van der Waals surface area contributed by atoms with Crippen molar-refractivity contribution in [1.29, 1.82) is 0 Å². The Morgan fingerprint density at radius 3 is 2.56 bits per heavy atom. The second-order valence-electron chi connectivity index (χ2n) is 7.39. The lowest BCUT2D eigenvalue weighted by atomic mass is 10.0. The van der Waals surface area contributed by atoms with Crippen LogP contribution >= 0.6 is 0 Å². The lowest BCUT2D eigenvalue weighted by Gasteiger charge is -2.20. The third kappa shape index (κ3) is 4.49. The summed E-state index contributed by atoms with van der Waals surface area (Å²) in [5, 5.41) is 5.23. The van der Waals surface area contributed by atoms with Crippen molar-refractivity contribution >= 4 is 22.8 Å². The molecular formula is C26H25N3O3. The summed E-state index contributed by atoms with van der Waals surface area (Å²) >= 11 is 0. The smallest absolute Gasteiger partial charge is 0.244 e. The molecule has 1 aromatic heterocycles. The summed E-state index contributed by atoms with van der Waals surface area (Å²) in [6.07, 6.45) is 6.90. The summed E-state index contributed by atoms with van der Waals surface area (Å²) in [6, 6.07) is 19.1. The van der Waals surface area contributed by atoms with E-state index >= 15 is 0 Å². The first kappa shape index (κ1) is 21.2. The number of nitrogens with one attached hydrogen (secondary N) is 1. The van der Waals surface area contributed by atoms with Crippen LogP contribution in [0.25, 0.3) is 16.8 Å². The van der Waals surface area contributed by atoms with Crippen molar-refractivity contribution in [1.82, 2.24) is 14.9 Å². The minimum Gasteiger partial charge on any atom is -0.497 e. The van der Waals surface area contributed by atoms with Crippen molar-refractivity contribution in [2.75, 3.05) is 14.2 Å². The maximum absolute atomic E-state index is 12.9. The molecule has 162 valence electrons. The zero-order valence-electron chi connectivity index (χ0n) is 18.3. The van der Waals surface area contributed by atoms with Gasteiger partial charge in [0.15, 0.2) is 0 Å². The minimum atomic E-state index is -0.452. The number of carbonyl (C=O) groups is 1. The average molecular weight is 428 g/mol. The molecule has 0 aliphatic carbocycles. The first-order valence-electron chi connectivity index (χ1n) is 10.3. The fourth-order valence-electron chi connectivity index (χ4n) is 3.68. The third-order valence-corrected chi connectivity index (χ3v) is 5.35. The molecule has 1 unspecified atom stereocenters. The molecular weight excluding hydrogens is 402 g/mol. The summed E-state index contributed by atoms with van der Waals surface area (Å²) in [7, 11) is 5.17. The highest BCUT2D eigenvalue weighted by molar-refractivity contribution is 5.93. The number of rotatable bonds is 7. The number of hydrogen-bond acceptors (Lipinski definition) is 4. The fraction of sp³-hybridized carbons (Fsp3) is 0.154. The molecule has 4 aromatic rings. The van der Waals surface area contributed by atoms with Gasteiger partial charge < -0.3 is 19.4 Å². The summed E-state index contributed by atoms with van der Waals surface area (Å²) < 4.78 is 12.7. The van der Waals surface area contributed by atoms with Gasteiger partial charge >= 0.3 is 0 Å². The number of amides is 1. The Hall–Kier alpha value is -4.06. The van der Waals surface area contributed by atoms with E-state index in [-0.39, 0.29) is 5.91 Å². The minimum absolute atomic E-state index is 0.223. The van der Waals surface area contributed by atoms with Crippen molar-refractivity contribution in [3.63, 3.8) is 0 Å². The second kappa shape index (κ2) is 9.39. The number of fused-ring (bicyclic) bond motifs is 1. The van der Waals surface area contributed by atoms with Crippen LogP contribution in [0, 0.1) is 0 Å². The highest BCUT2D eigenvalue weighted by atomic mass is 16.5. The molecule has 6 nitrogen and oxygen atoms in total. The van der Waals surface area contributed by atoms with Crippen LogP contribution in [0.1, 0.15) is 23.0 Å². The van der Waals surface area contributed by atoms with Gasteiger partial charge in [-0.25, -0.2) is 4.98 Å². The van der Waals surface area contributed by atoms with E-state index < -0.39 is 6.04 Å². The Kier molecular flexibility index (Phi) is 6.22. The monoisotopic (exact) mass is 427 g/mol. The van der Waals surface area contributed by atoms with Gasteiger partial charge in [0, 0.05) is 31.1 Å². The van der Waals surface area contributed by atoms with Crippen molar-refractivity contribution in [2.45, 2.75) is 6.04 Å². The third-order valence-electron chi connectivity index (χ3n) is 5.35. The number of ether oxygens (including phenoxy) is 2. The molecule has 0 radical (unpaired) electrons. The fourth-order valence-corrected chi connectivity index (χ4v) is 3.68. The highest BCUT2D eigenvalue weighted by Gasteiger charge is 2.23. The van der Waals surface area contributed by atoms with Crippen LogP contribution in [0.2, 0.25) is 0 Å². The van der Waals surface area contributed by atoms with E-state index in [4.69, 9.17) is 9.47 Å². The highest BCUT2D eigenvalue weighted by Crippen LogP contribution is 2.29. The number of benzene rings is 3. The first-order valence-corrected chi connectivity index (χ1v) is 10.3. The van der Waals surface area contributed by atoms with Gasteiger partial charge in [-0.3, -0.25) is 4.79 Å². The molecule has 1 heterocycles. The number of carbonyl (C=O) groups excluding carboxylic acids is 1. The summed E-state index contributed by atoms with van der Waals surface area (Å²) in [4.78, 5) is 17.3. The normalized spacial score (nSPS) is 12.1. The predicted molar refractivity (Wildman–Crippen MR) is 126 cm³/mol. The summed E-state index contributed by atoms with van der Waals surface area (Å²) in [6.45, 7) is 0. The Bertz CT molecular complexity index is 1280. The number of imidazole rings is 1. The van der Waals surface area contributed by atoms with Crippen LogP contribution in [0.3, 0.4) is 0 Å². The maximum atomic E-state index is 12.9. The largest absolute Gasteiger partial charge is 0.497 e. The van der Waals surface area contributed by atoms with Gasteiger partial charge in [0.2, 0.25) is 5.91 Å². The molecule has 1 atom stereocenters. The van der Waals surface area contributed by atoms with Crippen molar-refractivity contribution in [3.05, 3.63) is 96.1 Å². The molecule has 32 heavy (non-hydrogen) atoms. The predicted octanol–water partition coefficient (Wildman–Crippen LogP) is 4.51. The number of hydrogen-bond donors (Lipinski definition) is 1. The van der Waals surface area contributed by atoms with E-state index in [1.807, 2.05) is 78.5 Å². The van der Waals surface area contributed by atoms with E-state index in [2.05, 4.69) is 10.3 Å². The SMILES string of the molecule is COc1ccc2cc(/C=C/C(=O)NC(c3ccccc3OC)c3nccn3C)ccc2c1. The Morgan fingerprint density at radius 1 is 1.03 bits per heavy atom. The molecule has 1 N–H and O–H groups in total. The van der Waals surface area contributed by atoms with Gasteiger partial charge in [0.05, 0.1) is 14.2 Å². The second-order valence-corrected chi connectivity index (χ2v) is 7.39. The molecule has 1 amide bonds. The quantitative estimate of drug-likeness (QED) is 0.441. The van der Waals surface area contributed by atoms with Crippen LogP contribution in [0.5, 0.6) is 11.5 Å². The van der Waals surface area contributed by atoms with Crippen molar-refractivity contribution < 1.29 is 14.3 Å². The molecule has 3 aromatic carbocycles. The van der Waals surface area contributed by atoms with Gasteiger partial charge in [-0.1, -0.05) is 36.4 Å². The number of para-hydroxylation sites is 1. The number of aromatic nitrogens is 2. The van der Waals surface area contributed by atoms with Crippen LogP contribution in [0.4, 0.5) is 0 Å². The molecule has 0 aliphatic rings. The van der Waals surface area contributed by atoms with Crippen molar-refractivity contribution in [3.8, 4) is 11.5 Å². The van der Waals surface area contributed by atoms with Crippen LogP contribution in [0.15, 0.2) is 79.1 Å². The van der Waals surface area contributed by atoms with E-state index in [1.54, 1.807) is 26.5 Å². The first-order chi connectivity index (χ1) is 15.6. The Morgan fingerprint density at radius 2 is 1.81 bits per heavy atom. The summed E-state index contributed by atoms with van der Waals surface area (Å²) in [5.74, 6) is 2.00. The zero-order valence-corrected chi connectivity index (χ0v) is 18.3. The Labute approximate surface area is 187 Å². The number of aryl methyl sites for hydroxylation is 1. The van der Waals surface area contributed by atoms with Gasteiger partial charge in [-0.05, 0) is 46.7 Å². The number of methoxy groups -OCH3 is 2. The molecule has 0 saturated carbocycles. The number of nitrogens with zero attached hydrogens (tertiary/aromatic N) is 2. The molecule has 4 rings (SSSR count). The molecule has 6 heteroatoms. The van der Waals surface area contributed by atoms with E-state index in [1.165, 1.54) is 6.08 Å². The zero-order chi connectivity index (χ0) is 22.5. The van der Waals surface area contributed by atoms with Gasteiger partial charge in [-0.15, -0.1) is 0 Å². The van der Waals surface area contributed by atoms with E-state index in [0.29, 0.717) is 5.75 Å². The van der Waals surface area contributed by atoms with Gasteiger partial charge in [-0.2, -0.15) is 0 Å². The molecule has 0 saturated heterocycles. The molecule has 0 fully saturated rings. The van der Waals surface area contributed by atoms with E-state index in [9.17, 15) is 4.79 Å². The van der Waals surface area contributed by atoms with Crippen LogP contribution in [-0.4, -0.2) is 29.7 Å².